The lowest BCUT2D eigenvalue weighted by Crippen LogP contribution is -2.46. The molecule has 0 spiro atoms. The first-order chi connectivity index (χ1) is 10.4. The smallest absolute Gasteiger partial charge is 0.176 e. The Morgan fingerprint density at radius 1 is 1.14 bits per heavy atom. The third-order valence-corrected chi connectivity index (χ3v) is 3.90. The van der Waals surface area contributed by atoms with E-state index in [1.54, 1.807) is 6.92 Å². The highest BCUT2D eigenvalue weighted by molar-refractivity contribution is 5.28. The summed E-state index contributed by atoms with van der Waals surface area (Å²) in [7, 11) is 0. The number of ether oxygens (including phenoxy) is 1. The van der Waals surface area contributed by atoms with Crippen LogP contribution >= 0.6 is 0 Å². The molecule has 0 bridgehead atoms. The highest BCUT2D eigenvalue weighted by Gasteiger charge is 2.24. The predicted octanol–water partition coefficient (Wildman–Crippen LogP) is 2.47. The van der Waals surface area contributed by atoms with Crippen molar-refractivity contribution in [3.05, 3.63) is 29.8 Å². The molecule has 0 saturated heterocycles. The molecule has 4 nitrogen and oxygen atoms in total. The van der Waals surface area contributed by atoms with Gasteiger partial charge in [0.15, 0.2) is 6.23 Å². The monoisotopic (exact) mass is 307 g/mol. The summed E-state index contributed by atoms with van der Waals surface area (Å²) in [4.78, 5) is 0. The van der Waals surface area contributed by atoms with E-state index in [4.69, 9.17) is 4.74 Å². The van der Waals surface area contributed by atoms with Crippen molar-refractivity contribution in [2.45, 2.75) is 70.9 Å². The Bertz CT molecular complexity index is 440. The number of hydrogen-bond donors (Lipinski definition) is 3. The standard InChI is InChI=1S/C18H29NO3/c1-12(2)19-18(13(3)20)22-17-8-6-15(7-9-17)11-16(21)10-14-4-5-14/h6-9,12-14,16,18-21H,4-5,10-11H2,1-3H3. The highest BCUT2D eigenvalue weighted by atomic mass is 16.5. The second kappa shape index (κ2) is 7.95. The van der Waals surface area contributed by atoms with Crippen LogP contribution in [0.5, 0.6) is 5.75 Å². The fourth-order valence-corrected chi connectivity index (χ4v) is 2.54. The summed E-state index contributed by atoms with van der Waals surface area (Å²) in [6, 6.07) is 8.00. The third-order valence-electron chi connectivity index (χ3n) is 3.90. The second-order valence-corrected chi connectivity index (χ2v) is 6.78. The second-order valence-electron chi connectivity index (χ2n) is 6.78. The molecule has 1 aliphatic carbocycles. The fraction of sp³-hybridized carbons (Fsp3) is 0.667. The van der Waals surface area contributed by atoms with Crippen molar-refractivity contribution in [1.82, 2.24) is 5.32 Å². The van der Waals surface area contributed by atoms with Crippen molar-refractivity contribution < 1.29 is 14.9 Å². The molecule has 3 unspecified atom stereocenters. The average Bonchev–Trinajstić information content (AvgIpc) is 3.23. The van der Waals surface area contributed by atoms with Gasteiger partial charge in [-0.15, -0.1) is 0 Å². The number of nitrogens with one attached hydrogen (secondary N) is 1. The lowest BCUT2D eigenvalue weighted by Gasteiger charge is -2.25. The molecule has 1 aromatic rings. The molecule has 0 amide bonds. The number of aliphatic hydroxyl groups excluding tert-OH is 2. The van der Waals surface area contributed by atoms with E-state index >= 15 is 0 Å². The van der Waals surface area contributed by atoms with Gasteiger partial charge in [-0.3, -0.25) is 5.32 Å². The van der Waals surface area contributed by atoms with E-state index in [0.717, 1.165) is 23.7 Å². The van der Waals surface area contributed by atoms with Gasteiger partial charge in [-0.2, -0.15) is 0 Å². The number of hydrogen-bond acceptors (Lipinski definition) is 4. The molecule has 1 saturated carbocycles. The lowest BCUT2D eigenvalue weighted by atomic mass is 10.0. The molecule has 1 aliphatic rings. The zero-order valence-electron chi connectivity index (χ0n) is 13.8. The van der Waals surface area contributed by atoms with Gasteiger partial charge in [-0.25, -0.2) is 0 Å². The van der Waals surface area contributed by atoms with Crippen LogP contribution in [0.2, 0.25) is 0 Å². The molecule has 0 radical (unpaired) electrons. The fourth-order valence-electron chi connectivity index (χ4n) is 2.54. The summed E-state index contributed by atoms with van der Waals surface area (Å²) in [6.07, 6.45) is 2.89. The van der Waals surface area contributed by atoms with Gasteiger partial charge in [0.05, 0.1) is 6.10 Å². The van der Waals surface area contributed by atoms with E-state index in [1.807, 2.05) is 38.1 Å². The Balaban J connectivity index is 1.86. The van der Waals surface area contributed by atoms with Crippen molar-refractivity contribution in [1.29, 1.82) is 0 Å². The van der Waals surface area contributed by atoms with Crippen LogP contribution in [0.15, 0.2) is 24.3 Å². The minimum Gasteiger partial charge on any atom is -0.473 e. The average molecular weight is 307 g/mol. The Hall–Kier alpha value is -1.10. The summed E-state index contributed by atoms with van der Waals surface area (Å²) in [5, 5.41) is 23.0. The molecule has 1 fully saturated rings. The highest BCUT2D eigenvalue weighted by Crippen LogP contribution is 2.34. The van der Waals surface area contributed by atoms with Crippen molar-refractivity contribution in [3.63, 3.8) is 0 Å². The van der Waals surface area contributed by atoms with E-state index in [2.05, 4.69) is 5.32 Å². The molecule has 0 aliphatic heterocycles. The quantitative estimate of drug-likeness (QED) is 0.613. The largest absolute Gasteiger partial charge is 0.473 e. The minimum absolute atomic E-state index is 0.233. The van der Waals surface area contributed by atoms with Gasteiger partial charge < -0.3 is 14.9 Å². The molecular weight excluding hydrogens is 278 g/mol. The zero-order chi connectivity index (χ0) is 16.1. The van der Waals surface area contributed by atoms with Gasteiger partial charge in [0, 0.05) is 6.04 Å². The number of benzene rings is 1. The molecule has 4 heteroatoms. The maximum atomic E-state index is 10.0. The minimum atomic E-state index is -0.595. The maximum Gasteiger partial charge on any atom is 0.176 e. The van der Waals surface area contributed by atoms with E-state index in [-0.39, 0.29) is 12.1 Å². The van der Waals surface area contributed by atoms with Crippen molar-refractivity contribution in [2.75, 3.05) is 0 Å². The number of rotatable bonds is 9. The summed E-state index contributed by atoms with van der Waals surface area (Å²) in [5.41, 5.74) is 1.12. The predicted molar refractivity (Wildman–Crippen MR) is 87.9 cm³/mol. The summed E-state index contributed by atoms with van der Waals surface area (Å²) in [6.45, 7) is 5.74. The van der Waals surface area contributed by atoms with Crippen LogP contribution in [0.4, 0.5) is 0 Å². The van der Waals surface area contributed by atoms with Crippen molar-refractivity contribution in [3.8, 4) is 5.75 Å². The van der Waals surface area contributed by atoms with Gasteiger partial charge in [-0.05, 0) is 57.2 Å². The Labute approximate surface area is 133 Å². The SMILES string of the molecule is CC(C)NC(Oc1ccc(CC(O)CC2CC2)cc1)C(C)O. The van der Waals surface area contributed by atoms with Gasteiger partial charge in [-0.1, -0.05) is 25.0 Å². The molecule has 124 valence electrons. The van der Waals surface area contributed by atoms with Gasteiger partial charge in [0.25, 0.3) is 0 Å². The van der Waals surface area contributed by atoms with Gasteiger partial charge in [0.2, 0.25) is 0 Å². The molecule has 22 heavy (non-hydrogen) atoms. The van der Waals surface area contributed by atoms with E-state index in [1.165, 1.54) is 12.8 Å². The van der Waals surface area contributed by atoms with Gasteiger partial charge >= 0.3 is 0 Å². The van der Waals surface area contributed by atoms with Crippen molar-refractivity contribution in [2.24, 2.45) is 5.92 Å². The Morgan fingerprint density at radius 3 is 2.27 bits per heavy atom. The first kappa shape index (κ1) is 17.3. The Kier molecular flexibility index (Phi) is 6.24. The molecule has 0 aromatic heterocycles. The van der Waals surface area contributed by atoms with Gasteiger partial charge in [0.1, 0.15) is 11.9 Å². The molecule has 0 heterocycles. The molecule has 2 rings (SSSR count). The first-order valence-electron chi connectivity index (χ1n) is 8.32. The zero-order valence-corrected chi connectivity index (χ0v) is 13.8. The topological polar surface area (TPSA) is 61.7 Å². The van der Waals surface area contributed by atoms with E-state index < -0.39 is 12.3 Å². The van der Waals surface area contributed by atoms with Crippen molar-refractivity contribution >= 4 is 0 Å². The first-order valence-corrected chi connectivity index (χ1v) is 8.32. The molecule has 3 atom stereocenters. The van der Waals surface area contributed by atoms with Crippen LogP contribution in [-0.4, -0.2) is 34.7 Å². The van der Waals surface area contributed by atoms with E-state index in [0.29, 0.717) is 6.42 Å². The van der Waals surface area contributed by atoms with Crippen LogP contribution in [0.25, 0.3) is 0 Å². The molecular formula is C18H29NO3. The molecule has 3 N–H and O–H groups in total. The van der Waals surface area contributed by atoms with Crippen LogP contribution in [0.3, 0.4) is 0 Å². The Morgan fingerprint density at radius 2 is 1.77 bits per heavy atom. The van der Waals surface area contributed by atoms with E-state index in [9.17, 15) is 10.2 Å². The van der Waals surface area contributed by atoms with Crippen LogP contribution < -0.4 is 10.1 Å². The third kappa shape index (κ3) is 5.95. The normalized spacial score (nSPS) is 19.0. The van der Waals surface area contributed by atoms with Crippen LogP contribution in [0.1, 0.15) is 45.6 Å². The number of aliphatic hydroxyl groups is 2. The van der Waals surface area contributed by atoms with Crippen LogP contribution in [-0.2, 0) is 6.42 Å². The summed E-state index contributed by atoms with van der Waals surface area (Å²) < 4.78 is 5.80. The summed E-state index contributed by atoms with van der Waals surface area (Å²) in [5.74, 6) is 1.46. The van der Waals surface area contributed by atoms with Crippen LogP contribution in [0, 0.1) is 5.92 Å². The lowest BCUT2D eigenvalue weighted by molar-refractivity contribution is 0.0218. The summed E-state index contributed by atoms with van der Waals surface area (Å²) >= 11 is 0. The maximum absolute atomic E-state index is 10.0. The molecule has 1 aromatic carbocycles.